The van der Waals surface area contributed by atoms with Crippen LogP contribution in [0.15, 0.2) is 16.7 Å². The molecule has 5 heteroatoms. The second-order valence-corrected chi connectivity index (χ2v) is 6.38. The Kier molecular flexibility index (Phi) is 5.40. The van der Waals surface area contributed by atoms with Gasteiger partial charge in [-0.25, -0.2) is 4.98 Å². The largest absolute Gasteiger partial charge is 0.372 e. The first kappa shape index (κ1) is 15.3. The Bertz CT molecular complexity index is 472. The number of carbonyl (C=O) groups is 1. The van der Waals surface area contributed by atoms with Gasteiger partial charge in [-0.1, -0.05) is 19.3 Å². The minimum absolute atomic E-state index is 0.0544. The molecule has 1 aliphatic rings. The van der Waals surface area contributed by atoms with Crippen molar-refractivity contribution in [1.82, 2.24) is 10.3 Å². The fourth-order valence-corrected chi connectivity index (χ4v) is 3.18. The van der Waals surface area contributed by atoms with Crippen LogP contribution in [0.25, 0.3) is 0 Å². The maximum atomic E-state index is 12.4. The van der Waals surface area contributed by atoms with Gasteiger partial charge >= 0.3 is 0 Å². The second kappa shape index (κ2) is 7.07. The number of carbonyl (C=O) groups excluding carboxylic acids is 1. The molecule has 1 unspecified atom stereocenters. The number of hydrogen-bond acceptors (Lipinski definition) is 3. The van der Waals surface area contributed by atoms with Crippen LogP contribution < -0.4 is 10.6 Å². The van der Waals surface area contributed by atoms with E-state index in [0.29, 0.717) is 17.3 Å². The lowest BCUT2D eigenvalue weighted by molar-refractivity contribution is 0.0920. The predicted molar refractivity (Wildman–Crippen MR) is 85.0 cm³/mol. The SMILES string of the molecule is CNc1ncc(Br)cc1C(=O)NC(C)C1CCCCC1. The molecule has 0 aromatic carbocycles. The zero-order chi connectivity index (χ0) is 14.5. The fraction of sp³-hybridized carbons (Fsp3) is 0.600. The molecule has 110 valence electrons. The Morgan fingerprint density at radius 3 is 2.75 bits per heavy atom. The number of halogens is 1. The zero-order valence-electron chi connectivity index (χ0n) is 12.1. The van der Waals surface area contributed by atoms with Gasteiger partial charge in [0.05, 0.1) is 5.56 Å². The molecule has 1 heterocycles. The van der Waals surface area contributed by atoms with E-state index in [1.807, 2.05) is 6.07 Å². The number of anilines is 1. The maximum absolute atomic E-state index is 12.4. The summed E-state index contributed by atoms with van der Waals surface area (Å²) in [6.07, 6.45) is 8.02. The highest BCUT2D eigenvalue weighted by Crippen LogP contribution is 2.26. The summed E-state index contributed by atoms with van der Waals surface area (Å²) < 4.78 is 0.812. The standard InChI is InChI=1S/C15H22BrN3O/c1-10(11-6-4-3-5-7-11)19-15(20)13-8-12(16)9-18-14(13)17-2/h8-11H,3-7H2,1-2H3,(H,17,18)(H,19,20). The number of rotatable bonds is 4. The molecule has 2 N–H and O–H groups in total. The molecule has 1 aliphatic carbocycles. The van der Waals surface area contributed by atoms with Gasteiger partial charge in [-0.05, 0) is 47.7 Å². The first-order valence-electron chi connectivity index (χ1n) is 7.26. The van der Waals surface area contributed by atoms with E-state index in [4.69, 9.17) is 0 Å². The van der Waals surface area contributed by atoms with Crippen molar-refractivity contribution in [3.63, 3.8) is 0 Å². The predicted octanol–water partition coefficient (Wildman–Crippen LogP) is 3.58. The lowest BCUT2D eigenvalue weighted by atomic mass is 9.84. The van der Waals surface area contributed by atoms with Gasteiger partial charge in [-0.3, -0.25) is 4.79 Å². The summed E-state index contributed by atoms with van der Waals surface area (Å²) >= 11 is 3.37. The average molecular weight is 340 g/mol. The van der Waals surface area contributed by atoms with E-state index in [9.17, 15) is 4.79 Å². The molecule has 1 saturated carbocycles. The maximum Gasteiger partial charge on any atom is 0.255 e. The van der Waals surface area contributed by atoms with Crippen LogP contribution >= 0.6 is 15.9 Å². The van der Waals surface area contributed by atoms with E-state index in [1.165, 1.54) is 32.1 Å². The first-order valence-corrected chi connectivity index (χ1v) is 8.05. The Hall–Kier alpha value is -1.10. The van der Waals surface area contributed by atoms with Crippen LogP contribution in [0, 0.1) is 5.92 Å². The summed E-state index contributed by atoms with van der Waals surface area (Å²) in [7, 11) is 1.78. The van der Waals surface area contributed by atoms with Crippen molar-refractivity contribution in [3.05, 3.63) is 22.3 Å². The van der Waals surface area contributed by atoms with Crippen molar-refractivity contribution in [3.8, 4) is 0 Å². The highest BCUT2D eigenvalue weighted by molar-refractivity contribution is 9.10. The molecule has 0 saturated heterocycles. The van der Waals surface area contributed by atoms with Crippen molar-refractivity contribution >= 4 is 27.7 Å². The summed E-state index contributed by atoms with van der Waals surface area (Å²) in [5, 5.41) is 6.09. The minimum atomic E-state index is -0.0544. The zero-order valence-corrected chi connectivity index (χ0v) is 13.7. The molecule has 0 aliphatic heterocycles. The summed E-state index contributed by atoms with van der Waals surface area (Å²) in [6, 6.07) is 2.02. The molecule has 20 heavy (non-hydrogen) atoms. The van der Waals surface area contributed by atoms with Crippen molar-refractivity contribution in [1.29, 1.82) is 0 Å². The van der Waals surface area contributed by atoms with Gasteiger partial charge in [-0.2, -0.15) is 0 Å². The average Bonchev–Trinajstić information content (AvgIpc) is 2.48. The highest BCUT2D eigenvalue weighted by atomic mass is 79.9. The number of hydrogen-bond donors (Lipinski definition) is 2. The van der Waals surface area contributed by atoms with Crippen LogP contribution in [-0.2, 0) is 0 Å². The van der Waals surface area contributed by atoms with Crippen molar-refractivity contribution in [2.75, 3.05) is 12.4 Å². The van der Waals surface area contributed by atoms with Crippen LogP contribution in [0.5, 0.6) is 0 Å². The van der Waals surface area contributed by atoms with Gasteiger partial charge in [0.15, 0.2) is 0 Å². The quantitative estimate of drug-likeness (QED) is 0.881. The van der Waals surface area contributed by atoms with Crippen molar-refractivity contribution in [2.45, 2.75) is 45.1 Å². The van der Waals surface area contributed by atoms with Gasteiger partial charge in [-0.15, -0.1) is 0 Å². The first-order chi connectivity index (χ1) is 9.61. The Morgan fingerprint density at radius 1 is 1.40 bits per heavy atom. The molecule has 1 aromatic rings. The van der Waals surface area contributed by atoms with E-state index in [0.717, 1.165) is 4.47 Å². The van der Waals surface area contributed by atoms with Gasteiger partial charge in [0.1, 0.15) is 5.82 Å². The van der Waals surface area contributed by atoms with Crippen molar-refractivity contribution in [2.24, 2.45) is 5.92 Å². The van der Waals surface area contributed by atoms with Gasteiger partial charge in [0, 0.05) is 23.8 Å². The number of amides is 1. The van der Waals surface area contributed by atoms with E-state index >= 15 is 0 Å². The van der Waals surface area contributed by atoms with Gasteiger partial charge in [0.25, 0.3) is 5.91 Å². The van der Waals surface area contributed by atoms with E-state index in [-0.39, 0.29) is 11.9 Å². The fourth-order valence-electron chi connectivity index (χ4n) is 2.85. The third-order valence-corrected chi connectivity index (χ3v) is 4.49. The summed E-state index contributed by atoms with van der Waals surface area (Å²) in [6.45, 7) is 2.11. The molecule has 2 rings (SSSR count). The third-order valence-electron chi connectivity index (χ3n) is 4.05. The lowest BCUT2D eigenvalue weighted by Gasteiger charge is -2.28. The normalized spacial score (nSPS) is 17.6. The summed E-state index contributed by atoms with van der Waals surface area (Å²) in [4.78, 5) is 16.6. The van der Waals surface area contributed by atoms with E-state index < -0.39 is 0 Å². The number of pyridine rings is 1. The molecular formula is C15H22BrN3O. The highest BCUT2D eigenvalue weighted by Gasteiger charge is 2.23. The van der Waals surface area contributed by atoms with Crippen LogP contribution in [0.4, 0.5) is 5.82 Å². The molecule has 1 aromatic heterocycles. The Labute approximate surface area is 128 Å². The molecule has 0 spiro atoms. The molecule has 4 nitrogen and oxygen atoms in total. The lowest BCUT2D eigenvalue weighted by Crippen LogP contribution is -2.39. The number of nitrogens with one attached hydrogen (secondary N) is 2. The topological polar surface area (TPSA) is 54.0 Å². The second-order valence-electron chi connectivity index (χ2n) is 5.46. The van der Waals surface area contributed by atoms with E-state index in [2.05, 4.69) is 38.5 Å². The van der Waals surface area contributed by atoms with E-state index in [1.54, 1.807) is 13.2 Å². The molecule has 1 amide bonds. The molecule has 0 radical (unpaired) electrons. The molecule has 0 bridgehead atoms. The Morgan fingerprint density at radius 2 is 2.10 bits per heavy atom. The van der Waals surface area contributed by atoms with Crippen LogP contribution in [0.2, 0.25) is 0 Å². The molecule has 1 fully saturated rings. The van der Waals surface area contributed by atoms with Gasteiger partial charge in [0.2, 0.25) is 0 Å². The van der Waals surface area contributed by atoms with Crippen LogP contribution in [-0.4, -0.2) is 24.0 Å². The number of aromatic nitrogens is 1. The summed E-state index contributed by atoms with van der Waals surface area (Å²) in [5.41, 5.74) is 0.588. The monoisotopic (exact) mass is 339 g/mol. The van der Waals surface area contributed by atoms with Crippen LogP contribution in [0.1, 0.15) is 49.4 Å². The smallest absolute Gasteiger partial charge is 0.255 e. The number of nitrogens with zero attached hydrogens (tertiary/aromatic N) is 1. The minimum Gasteiger partial charge on any atom is -0.372 e. The van der Waals surface area contributed by atoms with Gasteiger partial charge < -0.3 is 10.6 Å². The molecule has 1 atom stereocenters. The van der Waals surface area contributed by atoms with Crippen molar-refractivity contribution < 1.29 is 4.79 Å². The third kappa shape index (κ3) is 3.72. The summed E-state index contributed by atoms with van der Waals surface area (Å²) in [5.74, 6) is 1.16. The van der Waals surface area contributed by atoms with Crippen LogP contribution in [0.3, 0.4) is 0 Å². The Balaban J connectivity index is 2.05. The molecular weight excluding hydrogens is 318 g/mol.